The molecule has 1 amide bonds. The highest BCUT2D eigenvalue weighted by atomic mass is 32.1. The molecule has 8 heteroatoms. The monoisotopic (exact) mass is 443 g/mol. The van der Waals surface area contributed by atoms with Crippen LogP contribution < -0.4 is 9.64 Å². The molecule has 0 saturated carbocycles. The summed E-state index contributed by atoms with van der Waals surface area (Å²) in [6, 6.07) is 10.2. The molecular weight excluding hydrogens is 417 g/mol. The van der Waals surface area contributed by atoms with Crippen molar-refractivity contribution in [1.82, 2.24) is 9.88 Å². The lowest BCUT2D eigenvalue weighted by Crippen LogP contribution is -2.44. The SMILES string of the molecule is Cc1cc2nc(N(CCN3CCOCC3)C(=O)COc3ccccc3F)sc2cc1C. The first kappa shape index (κ1) is 21.7. The van der Waals surface area contributed by atoms with E-state index in [1.165, 1.54) is 34.6 Å². The third kappa shape index (κ3) is 5.20. The number of halogens is 1. The van der Waals surface area contributed by atoms with Gasteiger partial charge in [-0.15, -0.1) is 0 Å². The van der Waals surface area contributed by atoms with Gasteiger partial charge in [0, 0.05) is 26.2 Å². The van der Waals surface area contributed by atoms with E-state index in [1.807, 2.05) is 6.07 Å². The molecule has 1 aromatic heterocycles. The van der Waals surface area contributed by atoms with Crippen LogP contribution in [0.4, 0.5) is 9.52 Å². The second-order valence-electron chi connectivity index (χ2n) is 7.62. The Kier molecular flexibility index (Phi) is 6.80. The number of carbonyl (C=O) groups is 1. The topological polar surface area (TPSA) is 54.9 Å². The average Bonchev–Trinajstić information content (AvgIpc) is 3.16. The van der Waals surface area contributed by atoms with Crippen molar-refractivity contribution in [3.63, 3.8) is 0 Å². The van der Waals surface area contributed by atoms with Gasteiger partial charge in [0.25, 0.3) is 5.91 Å². The average molecular weight is 444 g/mol. The second-order valence-corrected chi connectivity index (χ2v) is 8.63. The van der Waals surface area contributed by atoms with Crippen molar-refractivity contribution in [2.45, 2.75) is 13.8 Å². The van der Waals surface area contributed by atoms with Gasteiger partial charge in [0.1, 0.15) is 0 Å². The summed E-state index contributed by atoms with van der Waals surface area (Å²) in [6.45, 7) is 8.14. The van der Waals surface area contributed by atoms with Crippen molar-refractivity contribution in [3.05, 3.63) is 53.3 Å². The summed E-state index contributed by atoms with van der Waals surface area (Å²) in [6.07, 6.45) is 0. The lowest BCUT2D eigenvalue weighted by Gasteiger charge is -2.29. The molecule has 1 fully saturated rings. The first-order chi connectivity index (χ1) is 15.0. The summed E-state index contributed by atoms with van der Waals surface area (Å²) in [5.74, 6) is -0.662. The van der Waals surface area contributed by atoms with E-state index in [0.717, 1.165) is 23.3 Å². The molecule has 164 valence electrons. The van der Waals surface area contributed by atoms with Gasteiger partial charge < -0.3 is 9.47 Å². The van der Waals surface area contributed by atoms with Crippen LogP contribution in [0.2, 0.25) is 0 Å². The molecule has 1 saturated heterocycles. The fourth-order valence-corrected chi connectivity index (χ4v) is 4.54. The third-order valence-electron chi connectivity index (χ3n) is 5.46. The van der Waals surface area contributed by atoms with Gasteiger partial charge in [0.2, 0.25) is 0 Å². The Balaban J connectivity index is 1.54. The Morgan fingerprint density at radius 3 is 2.74 bits per heavy atom. The van der Waals surface area contributed by atoms with Crippen molar-refractivity contribution in [3.8, 4) is 5.75 Å². The minimum atomic E-state index is -0.485. The summed E-state index contributed by atoms with van der Waals surface area (Å²) in [5.41, 5.74) is 3.23. The number of aromatic nitrogens is 1. The van der Waals surface area contributed by atoms with E-state index in [9.17, 15) is 9.18 Å². The summed E-state index contributed by atoms with van der Waals surface area (Å²) < 4.78 is 25.8. The van der Waals surface area contributed by atoms with Crippen LogP contribution in [-0.2, 0) is 9.53 Å². The Bertz CT molecular complexity index is 1030. The zero-order valence-electron chi connectivity index (χ0n) is 17.8. The molecule has 1 aliphatic rings. The second kappa shape index (κ2) is 9.72. The number of benzene rings is 2. The predicted molar refractivity (Wildman–Crippen MR) is 121 cm³/mol. The molecule has 4 rings (SSSR count). The highest BCUT2D eigenvalue weighted by Crippen LogP contribution is 2.31. The number of rotatable bonds is 7. The van der Waals surface area contributed by atoms with Gasteiger partial charge in [0.05, 0.1) is 23.4 Å². The molecule has 2 aromatic carbocycles. The van der Waals surface area contributed by atoms with Crippen molar-refractivity contribution < 1.29 is 18.7 Å². The van der Waals surface area contributed by atoms with Gasteiger partial charge in [-0.2, -0.15) is 0 Å². The number of nitrogens with zero attached hydrogens (tertiary/aromatic N) is 3. The molecule has 0 aliphatic carbocycles. The lowest BCUT2D eigenvalue weighted by atomic mass is 10.1. The number of morpholine rings is 1. The first-order valence-corrected chi connectivity index (χ1v) is 11.2. The molecule has 0 unspecified atom stereocenters. The van der Waals surface area contributed by atoms with Crippen molar-refractivity contribution in [1.29, 1.82) is 0 Å². The number of hydrogen-bond acceptors (Lipinski definition) is 6. The van der Waals surface area contributed by atoms with Gasteiger partial charge in [-0.05, 0) is 49.2 Å². The van der Waals surface area contributed by atoms with Crippen LogP contribution in [0.5, 0.6) is 5.75 Å². The Morgan fingerprint density at radius 1 is 1.23 bits per heavy atom. The molecule has 0 spiro atoms. The number of amides is 1. The molecule has 6 nitrogen and oxygen atoms in total. The number of ether oxygens (including phenoxy) is 2. The van der Waals surface area contributed by atoms with E-state index >= 15 is 0 Å². The molecule has 31 heavy (non-hydrogen) atoms. The van der Waals surface area contributed by atoms with E-state index in [0.29, 0.717) is 31.4 Å². The molecule has 0 atom stereocenters. The molecule has 1 aliphatic heterocycles. The predicted octanol–water partition coefficient (Wildman–Crippen LogP) is 3.80. The Hall–Kier alpha value is -2.55. The maximum absolute atomic E-state index is 13.9. The summed E-state index contributed by atoms with van der Waals surface area (Å²) >= 11 is 1.49. The first-order valence-electron chi connectivity index (χ1n) is 10.4. The van der Waals surface area contributed by atoms with Crippen molar-refractivity contribution >= 4 is 32.6 Å². The maximum Gasteiger partial charge on any atom is 0.266 e. The van der Waals surface area contributed by atoms with E-state index in [1.54, 1.807) is 17.0 Å². The summed E-state index contributed by atoms with van der Waals surface area (Å²) in [5, 5.41) is 0.635. The van der Waals surface area contributed by atoms with Crippen LogP contribution in [0.1, 0.15) is 11.1 Å². The molecule has 3 aromatic rings. The Morgan fingerprint density at radius 2 is 1.97 bits per heavy atom. The van der Waals surface area contributed by atoms with Crippen LogP contribution in [0.3, 0.4) is 0 Å². The number of aryl methyl sites for hydroxylation is 2. The quantitative estimate of drug-likeness (QED) is 0.556. The van der Waals surface area contributed by atoms with Gasteiger partial charge in [-0.1, -0.05) is 23.5 Å². The van der Waals surface area contributed by atoms with E-state index in [2.05, 4.69) is 24.8 Å². The van der Waals surface area contributed by atoms with Crippen molar-refractivity contribution in [2.75, 3.05) is 50.9 Å². The van der Waals surface area contributed by atoms with Crippen LogP contribution in [0.25, 0.3) is 10.2 Å². The summed E-state index contributed by atoms with van der Waals surface area (Å²) in [4.78, 5) is 21.8. The zero-order chi connectivity index (χ0) is 21.8. The lowest BCUT2D eigenvalue weighted by molar-refractivity contribution is -0.120. The smallest absolute Gasteiger partial charge is 0.266 e. The van der Waals surface area contributed by atoms with Crippen LogP contribution in [0.15, 0.2) is 36.4 Å². The van der Waals surface area contributed by atoms with Gasteiger partial charge in [-0.25, -0.2) is 9.37 Å². The zero-order valence-corrected chi connectivity index (χ0v) is 18.6. The number of fused-ring (bicyclic) bond motifs is 1. The number of anilines is 1. The number of thiazole rings is 1. The minimum Gasteiger partial charge on any atom is -0.481 e. The normalized spacial score (nSPS) is 14.7. The number of para-hydroxylation sites is 1. The minimum absolute atomic E-state index is 0.0690. The number of hydrogen-bond donors (Lipinski definition) is 0. The fourth-order valence-electron chi connectivity index (χ4n) is 3.46. The molecular formula is C23H26FN3O3S. The number of carbonyl (C=O) groups excluding carboxylic acids is 1. The fraction of sp³-hybridized carbons (Fsp3) is 0.391. The van der Waals surface area contributed by atoms with E-state index < -0.39 is 5.82 Å². The largest absolute Gasteiger partial charge is 0.481 e. The van der Waals surface area contributed by atoms with E-state index in [-0.39, 0.29) is 18.3 Å². The van der Waals surface area contributed by atoms with Gasteiger partial charge >= 0.3 is 0 Å². The standard InChI is InChI=1S/C23H26FN3O3S/c1-16-13-19-21(14-17(16)2)31-23(25-19)27(8-7-26-9-11-29-12-10-26)22(28)15-30-20-6-4-3-5-18(20)24/h3-6,13-14H,7-12,15H2,1-2H3. The third-order valence-corrected chi connectivity index (χ3v) is 6.50. The highest BCUT2D eigenvalue weighted by Gasteiger charge is 2.22. The molecule has 2 heterocycles. The summed E-state index contributed by atoms with van der Waals surface area (Å²) in [7, 11) is 0. The Labute approximate surface area is 185 Å². The maximum atomic E-state index is 13.9. The molecule has 0 N–H and O–H groups in total. The van der Waals surface area contributed by atoms with Crippen molar-refractivity contribution in [2.24, 2.45) is 0 Å². The highest BCUT2D eigenvalue weighted by molar-refractivity contribution is 7.22. The molecule has 0 bridgehead atoms. The van der Waals surface area contributed by atoms with Gasteiger partial charge in [0.15, 0.2) is 23.3 Å². The van der Waals surface area contributed by atoms with Crippen LogP contribution in [-0.4, -0.2) is 61.8 Å². The van der Waals surface area contributed by atoms with Crippen LogP contribution in [0, 0.1) is 19.7 Å². The van der Waals surface area contributed by atoms with Gasteiger partial charge in [-0.3, -0.25) is 14.6 Å². The van der Waals surface area contributed by atoms with Crippen LogP contribution >= 0.6 is 11.3 Å². The molecule has 0 radical (unpaired) electrons. The van der Waals surface area contributed by atoms with E-state index in [4.69, 9.17) is 14.5 Å².